The topological polar surface area (TPSA) is 202 Å². The first-order chi connectivity index (χ1) is 29.0. The molecule has 3 aromatic carbocycles. The zero-order valence-electron chi connectivity index (χ0n) is 31.6. The number of hydrogen-bond acceptors (Lipinski definition) is 12. The quantitative estimate of drug-likeness (QED) is 0.0826. The molecule has 0 saturated heterocycles. The van der Waals surface area contributed by atoms with Crippen LogP contribution in [0, 0.1) is 3.57 Å². The Morgan fingerprint density at radius 1 is 0.541 bits per heavy atom. The Hall–Kier alpha value is -2.87. The molecule has 0 aliphatic rings. The van der Waals surface area contributed by atoms with E-state index in [9.17, 15) is 0 Å². The van der Waals surface area contributed by atoms with Gasteiger partial charge in [-0.1, -0.05) is 47.8 Å². The highest BCUT2D eigenvalue weighted by molar-refractivity contribution is 14.1. The molecule has 0 unspecified atom stereocenters. The van der Waals surface area contributed by atoms with E-state index < -0.39 is 7.12 Å². The molecule has 0 aliphatic heterocycles. The summed E-state index contributed by atoms with van der Waals surface area (Å²) in [6.07, 6.45) is 6.75. The average Bonchev–Trinajstić information content (AvgIpc) is 3.59. The third-order valence-electron chi connectivity index (χ3n) is 7.65. The van der Waals surface area contributed by atoms with Crippen molar-refractivity contribution < 1.29 is 23.9 Å². The Bertz CT molecular complexity index is 2640. The van der Waals surface area contributed by atoms with Crippen LogP contribution in [-0.2, 0) is 0 Å². The molecule has 0 saturated carbocycles. The van der Waals surface area contributed by atoms with Crippen molar-refractivity contribution in [3.63, 3.8) is 0 Å². The Labute approximate surface area is 424 Å². The van der Waals surface area contributed by atoms with Crippen molar-refractivity contribution in [3.05, 3.63) is 145 Å². The Morgan fingerprint density at radius 3 is 1.64 bits per heavy atom. The lowest BCUT2D eigenvalue weighted by Gasteiger charge is -2.11. The van der Waals surface area contributed by atoms with Crippen LogP contribution in [0.2, 0.25) is 0 Å². The maximum Gasteiger partial charge on any atom is 0.492 e. The Balaban J connectivity index is 0.000000172. The van der Waals surface area contributed by atoms with Crippen molar-refractivity contribution in [1.82, 2.24) is 19.9 Å². The van der Waals surface area contributed by atoms with Crippen molar-refractivity contribution in [3.8, 4) is 22.6 Å². The molecule has 0 bridgehead atoms. The Kier molecular flexibility index (Phi) is 20.7. The van der Waals surface area contributed by atoms with Gasteiger partial charge in [0.05, 0.1) is 17.8 Å². The smallest absolute Gasteiger partial charge is 0.492 e. The van der Waals surface area contributed by atoms with Gasteiger partial charge in [-0.15, -0.1) is 0 Å². The fourth-order valence-corrected chi connectivity index (χ4v) is 8.11. The standard InChI is InChI=1S/C12H10Br2N2O.C11H5Br2NO.C7H8BBrO3.C5H4BrIN2.C5H5BrN2/c1-17-11-3-2-7(13)4-9(11)10-5-8(14)6-16-12(10)15;12-6-1-2-10-8(3-6)9-4-7(13)5-14-11(9)15-10;1-12-7-3-2-5(9)4-6(7)8(10)11;6-3-1-4(7)5(8)9-2-3;6-4-1-2-5(7)8-3-4/h2-6H,1H3,(H2,15,16);1-5H;2-4,10-11H,1H3;1-2H,(H2,8,9);1-3H,(H2,7,8). The number of nitrogens with zero attached hydrogens (tertiary/aromatic N) is 4. The zero-order valence-corrected chi connectivity index (χ0v) is 44.9. The van der Waals surface area contributed by atoms with E-state index in [0.29, 0.717) is 34.4 Å². The molecule has 5 aromatic heterocycles. The van der Waals surface area contributed by atoms with Crippen LogP contribution in [0.1, 0.15) is 0 Å². The van der Waals surface area contributed by atoms with Crippen molar-refractivity contribution in [2.75, 3.05) is 31.4 Å². The molecule has 0 amide bonds. The van der Waals surface area contributed by atoms with E-state index in [2.05, 4.69) is 154 Å². The first kappa shape index (κ1) is 50.8. The summed E-state index contributed by atoms with van der Waals surface area (Å²) in [5.41, 5.74) is 20.3. The van der Waals surface area contributed by atoms with Gasteiger partial charge in [0.2, 0.25) is 5.71 Å². The minimum absolute atomic E-state index is 0.354. The van der Waals surface area contributed by atoms with Crippen LogP contribution >= 0.6 is 134 Å². The highest BCUT2D eigenvalue weighted by atomic mass is 127. The number of aromatic nitrogens is 4. The summed E-state index contributed by atoms with van der Waals surface area (Å²) in [4.78, 5) is 16.1. The van der Waals surface area contributed by atoms with Crippen molar-refractivity contribution >= 4 is 186 Å². The summed E-state index contributed by atoms with van der Waals surface area (Å²) in [6.45, 7) is 0. The minimum Gasteiger partial charge on any atom is -0.497 e. The van der Waals surface area contributed by atoms with Crippen LogP contribution in [0.25, 0.3) is 33.2 Å². The molecule has 316 valence electrons. The highest BCUT2D eigenvalue weighted by Gasteiger charge is 2.17. The first-order valence-corrected chi connectivity index (χ1v) is 23.6. The molecule has 5 heterocycles. The molecule has 0 fully saturated rings. The molecule has 8 N–H and O–H groups in total. The maximum atomic E-state index is 8.91. The fraction of sp³-hybridized carbons (Fsp3) is 0.0500. The summed E-state index contributed by atoms with van der Waals surface area (Å²) in [6, 6.07) is 26.2. The first-order valence-electron chi connectivity index (χ1n) is 17.0. The van der Waals surface area contributed by atoms with Crippen molar-refractivity contribution in [2.45, 2.75) is 0 Å². The van der Waals surface area contributed by atoms with Crippen LogP contribution in [0.15, 0.2) is 145 Å². The number of furan rings is 1. The van der Waals surface area contributed by atoms with Gasteiger partial charge in [0.15, 0.2) is 0 Å². The van der Waals surface area contributed by atoms with Gasteiger partial charge >= 0.3 is 7.12 Å². The van der Waals surface area contributed by atoms with Crippen molar-refractivity contribution in [2.24, 2.45) is 0 Å². The number of benzene rings is 3. The van der Waals surface area contributed by atoms with Gasteiger partial charge in [-0.3, -0.25) is 0 Å². The molecule has 0 spiro atoms. The van der Waals surface area contributed by atoms with E-state index in [0.717, 1.165) is 68.1 Å². The van der Waals surface area contributed by atoms with Crippen LogP contribution in [0.4, 0.5) is 17.5 Å². The van der Waals surface area contributed by atoms with E-state index in [1.165, 1.54) is 7.11 Å². The molecule has 0 atom stereocenters. The number of pyridine rings is 4. The number of anilines is 3. The number of methoxy groups -OCH3 is 2. The number of halogens is 8. The minimum atomic E-state index is -1.50. The van der Waals surface area contributed by atoms with E-state index in [1.54, 1.807) is 56.2 Å². The number of nitrogen functional groups attached to an aromatic ring is 3. The molecule has 8 aromatic rings. The van der Waals surface area contributed by atoms with E-state index in [1.807, 2.05) is 60.7 Å². The second kappa shape index (κ2) is 24.8. The van der Waals surface area contributed by atoms with Gasteiger partial charge in [0.1, 0.15) is 34.5 Å². The third-order valence-corrected chi connectivity index (χ3v) is 11.8. The SMILES string of the molecule is Brc1ccc2oc3ncc(Br)cc3c2c1.COc1ccc(Br)cc1-c1cc(Br)cnc1N.COc1ccc(Br)cc1B(O)O.Nc1ccc(Br)cn1.Nc1ncc(Br)cc1I. The largest absolute Gasteiger partial charge is 0.497 e. The van der Waals surface area contributed by atoms with E-state index in [4.69, 9.17) is 41.1 Å². The highest BCUT2D eigenvalue weighted by Crippen LogP contribution is 2.36. The predicted octanol–water partition coefficient (Wildman–Crippen LogP) is 12.0. The number of hydrogen-bond donors (Lipinski definition) is 5. The molecule has 8 rings (SSSR count). The van der Waals surface area contributed by atoms with E-state index in [-0.39, 0.29) is 0 Å². The number of ether oxygens (including phenoxy) is 2. The number of fused-ring (bicyclic) bond motifs is 3. The van der Waals surface area contributed by atoms with Gasteiger partial charge < -0.3 is 41.1 Å². The second-order valence-electron chi connectivity index (χ2n) is 11.9. The summed E-state index contributed by atoms with van der Waals surface area (Å²) in [7, 11) is 1.61. The van der Waals surface area contributed by atoms with Crippen LogP contribution < -0.4 is 32.1 Å². The van der Waals surface area contributed by atoms with Crippen LogP contribution in [0.5, 0.6) is 11.5 Å². The third kappa shape index (κ3) is 15.7. The Morgan fingerprint density at radius 2 is 1.05 bits per heavy atom. The van der Waals surface area contributed by atoms with Gasteiger partial charge in [-0.25, -0.2) is 19.9 Å². The van der Waals surface area contributed by atoms with Crippen LogP contribution in [0.3, 0.4) is 0 Å². The van der Waals surface area contributed by atoms with Gasteiger partial charge in [0, 0.05) is 83.5 Å². The summed E-state index contributed by atoms with van der Waals surface area (Å²) in [5.74, 6) is 2.84. The normalized spacial score (nSPS) is 10.2. The molecule has 21 heteroatoms. The van der Waals surface area contributed by atoms with E-state index >= 15 is 0 Å². The van der Waals surface area contributed by atoms with Gasteiger partial charge in [-0.05, 0) is 171 Å². The second-order valence-corrected chi connectivity index (χ2v) is 19.4. The lowest BCUT2D eigenvalue weighted by Crippen LogP contribution is -2.31. The number of nitrogens with two attached hydrogens (primary N) is 3. The lowest BCUT2D eigenvalue weighted by molar-refractivity contribution is 0.403. The van der Waals surface area contributed by atoms with Crippen LogP contribution in [-0.4, -0.2) is 51.3 Å². The maximum absolute atomic E-state index is 8.91. The summed E-state index contributed by atoms with van der Waals surface area (Å²) < 4.78 is 23.4. The predicted molar refractivity (Wildman–Crippen MR) is 279 cm³/mol. The average molecular weight is 1390 g/mol. The fourth-order valence-electron chi connectivity index (χ4n) is 4.88. The molecule has 61 heavy (non-hydrogen) atoms. The zero-order chi connectivity index (χ0) is 44.8. The molecular weight excluding hydrogens is 1360 g/mol. The monoisotopic (exact) mass is 1380 g/mol. The van der Waals surface area contributed by atoms with Crippen molar-refractivity contribution in [1.29, 1.82) is 0 Å². The molecule has 0 aliphatic carbocycles. The van der Waals surface area contributed by atoms with Gasteiger partial charge in [-0.2, -0.15) is 0 Å². The van der Waals surface area contributed by atoms with Gasteiger partial charge in [0.25, 0.3) is 0 Å². The summed E-state index contributed by atoms with van der Waals surface area (Å²) in [5, 5.41) is 19.9. The molecular formula is C40H32BBr7IN7O5. The molecule has 0 radical (unpaired) electrons. The summed E-state index contributed by atoms with van der Waals surface area (Å²) >= 11 is 25.5. The number of rotatable bonds is 4. The molecule has 12 nitrogen and oxygen atoms in total. The lowest BCUT2D eigenvalue weighted by atomic mass is 9.80.